The minimum Gasteiger partial charge on any atom is -0.497 e. The predicted octanol–water partition coefficient (Wildman–Crippen LogP) is 3.32. The fraction of sp³-hybridized carbons (Fsp3) is 0.167. The number of amides is 1. The minimum absolute atomic E-state index is 0.154. The highest BCUT2D eigenvalue weighted by Crippen LogP contribution is 2.27. The number of ether oxygens (including phenoxy) is 1. The highest BCUT2D eigenvalue weighted by Gasteiger charge is 2.10. The molecule has 7 nitrogen and oxygen atoms in total. The monoisotopic (exact) mass is 338 g/mol. The molecule has 1 amide bonds. The standard InChI is InChI=1S/C18H18N4O3/c1-12(23)20-15-9-8-14(24-2)10-16(15)19-11-17-21-18(25-22-17)13-6-4-3-5-7-13/h3-10,19H,11H2,1-2H3,(H,20,23). The minimum atomic E-state index is -0.154. The van der Waals surface area contributed by atoms with Gasteiger partial charge >= 0.3 is 0 Å². The average molecular weight is 338 g/mol. The van der Waals surface area contributed by atoms with Crippen molar-refractivity contribution in [3.05, 3.63) is 54.4 Å². The van der Waals surface area contributed by atoms with Gasteiger partial charge in [0.2, 0.25) is 5.91 Å². The maximum Gasteiger partial charge on any atom is 0.257 e. The number of nitrogens with zero attached hydrogens (tertiary/aromatic N) is 2. The number of benzene rings is 2. The van der Waals surface area contributed by atoms with Crippen LogP contribution < -0.4 is 15.4 Å². The molecular weight excluding hydrogens is 320 g/mol. The first-order valence-electron chi connectivity index (χ1n) is 7.73. The topological polar surface area (TPSA) is 89.3 Å². The van der Waals surface area contributed by atoms with Gasteiger partial charge in [-0.15, -0.1) is 0 Å². The molecule has 0 atom stereocenters. The van der Waals surface area contributed by atoms with Crippen molar-refractivity contribution >= 4 is 17.3 Å². The number of methoxy groups -OCH3 is 1. The molecule has 0 radical (unpaired) electrons. The van der Waals surface area contributed by atoms with Gasteiger partial charge in [0.15, 0.2) is 5.82 Å². The normalized spacial score (nSPS) is 10.3. The molecule has 2 N–H and O–H groups in total. The van der Waals surface area contributed by atoms with E-state index in [9.17, 15) is 4.79 Å². The number of hydrogen-bond acceptors (Lipinski definition) is 6. The van der Waals surface area contributed by atoms with Crippen molar-refractivity contribution in [1.82, 2.24) is 10.1 Å². The second-order valence-electron chi connectivity index (χ2n) is 5.33. The molecule has 3 aromatic rings. The lowest BCUT2D eigenvalue weighted by Gasteiger charge is -2.12. The third-order valence-corrected chi connectivity index (χ3v) is 3.46. The number of rotatable bonds is 6. The molecule has 0 bridgehead atoms. The Morgan fingerprint density at radius 3 is 2.68 bits per heavy atom. The number of nitrogens with one attached hydrogen (secondary N) is 2. The Bertz CT molecular complexity index is 862. The number of aromatic nitrogens is 2. The number of carbonyl (C=O) groups excluding carboxylic acids is 1. The Hall–Kier alpha value is -3.35. The van der Waals surface area contributed by atoms with Crippen LogP contribution in [0.15, 0.2) is 53.1 Å². The zero-order valence-corrected chi connectivity index (χ0v) is 13.9. The second-order valence-corrected chi connectivity index (χ2v) is 5.33. The van der Waals surface area contributed by atoms with E-state index in [1.54, 1.807) is 25.3 Å². The van der Waals surface area contributed by atoms with Crippen LogP contribution in [0.5, 0.6) is 5.75 Å². The molecule has 25 heavy (non-hydrogen) atoms. The summed E-state index contributed by atoms with van der Waals surface area (Å²) in [6.07, 6.45) is 0. The van der Waals surface area contributed by atoms with Crippen LogP contribution in [0, 0.1) is 0 Å². The predicted molar refractivity (Wildman–Crippen MR) is 94.4 cm³/mol. The maximum absolute atomic E-state index is 11.3. The molecule has 0 saturated carbocycles. The molecule has 0 aliphatic carbocycles. The molecule has 7 heteroatoms. The Labute approximate surface area is 145 Å². The van der Waals surface area contributed by atoms with E-state index < -0.39 is 0 Å². The van der Waals surface area contributed by atoms with E-state index in [1.165, 1.54) is 6.92 Å². The molecule has 0 aliphatic rings. The summed E-state index contributed by atoms with van der Waals surface area (Å²) in [6.45, 7) is 1.80. The van der Waals surface area contributed by atoms with Gasteiger partial charge in [-0.3, -0.25) is 4.79 Å². The zero-order valence-electron chi connectivity index (χ0n) is 13.9. The summed E-state index contributed by atoms with van der Waals surface area (Å²) in [5.74, 6) is 1.49. The van der Waals surface area contributed by atoms with Crippen molar-refractivity contribution in [2.75, 3.05) is 17.7 Å². The van der Waals surface area contributed by atoms with Crippen molar-refractivity contribution in [2.45, 2.75) is 13.5 Å². The van der Waals surface area contributed by atoms with E-state index in [0.29, 0.717) is 35.4 Å². The van der Waals surface area contributed by atoms with Gasteiger partial charge in [0.25, 0.3) is 5.89 Å². The molecular formula is C18H18N4O3. The highest BCUT2D eigenvalue weighted by molar-refractivity contribution is 5.92. The van der Waals surface area contributed by atoms with Gasteiger partial charge < -0.3 is 19.9 Å². The van der Waals surface area contributed by atoms with Crippen molar-refractivity contribution in [1.29, 1.82) is 0 Å². The van der Waals surface area contributed by atoms with Crippen LogP contribution in [0.3, 0.4) is 0 Å². The van der Waals surface area contributed by atoms with E-state index in [2.05, 4.69) is 20.8 Å². The Morgan fingerprint density at radius 2 is 1.96 bits per heavy atom. The first-order valence-corrected chi connectivity index (χ1v) is 7.73. The molecule has 0 aliphatic heterocycles. The van der Waals surface area contributed by atoms with E-state index in [0.717, 1.165) is 5.56 Å². The van der Waals surface area contributed by atoms with E-state index in [-0.39, 0.29) is 5.91 Å². The zero-order chi connectivity index (χ0) is 17.6. The van der Waals surface area contributed by atoms with Gasteiger partial charge in [-0.2, -0.15) is 4.98 Å². The summed E-state index contributed by atoms with van der Waals surface area (Å²) in [7, 11) is 1.59. The molecule has 1 aromatic heterocycles. The quantitative estimate of drug-likeness (QED) is 0.717. The summed E-state index contributed by atoms with van der Waals surface area (Å²) in [5.41, 5.74) is 2.22. The Morgan fingerprint density at radius 1 is 1.16 bits per heavy atom. The maximum atomic E-state index is 11.3. The average Bonchev–Trinajstić information content (AvgIpc) is 3.10. The largest absolute Gasteiger partial charge is 0.497 e. The fourth-order valence-corrected chi connectivity index (χ4v) is 2.29. The Kier molecular flexibility index (Phi) is 4.94. The second kappa shape index (κ2) is 7.48. The van der Waals surface area contributed by atoms with E-state index in [4.69, 9.17) is 9.26 Å². The molecule has 0 fully saturated rings. The third kappa shape index (κ3) is 4.14. The molecule has 1 heterocycles. The highest BCUT2D eigenvalue weighted by atomic mass is 16.5. The van der Waals surface area contributed by atoms with Crippen LogP contribution in [0.4, 0.5) is 11.4 Å². The summed E-state index contributed by atoms with van der Waals surface area (Å²) < 4.78 is 10.5. The molecule has 0 unspecified atom stereocenters. The SMILES string of the molecule is COc1ccc(NC(C)=O)c(NCc2noc(-c3ccccc3)n2)c1. The molecule has 128 valence electrons. The summed E-state index contributed by atoms with van der Waals surface area (Å²) >= 11 is 0. The molecule has 2 aromatic carbocycles. The van der Waals surface area contributed by atoms with Gasteiger partial charge in [-0.1, -0.05) is 23.4 Å². The smallest absolute Gasteiger partial charge is 0.257 e. The lowest BCUT2D eigenvalue weighted by atomic mass is 10.2. The molecule has 3 rings (SSSR count). The van der Waals surface area contributed by atoms with Gasteiger partial charge in [-0.05, 0) is 24.3 Å². The van der Waals surface area contributed by atoms with Crippen LogP contribution in [0.25, 0.3) is 11.5 Å². The van der Waals surface area contributed by atoms with Crippen molar-refractivity contribution in [3.8, 4) is 17.2 Å². The van der Waals surface area contributed by atoms with Gasteiger partial charge in [0, 0.05) is 18.6 Å². The molecule has 0 spiro atoms. The summed E-state index contributed by atoms with van der Waals surface area (Å²) in [5, 5.41) is 9.94. The first-order chi connectivity index (χ1) is 12.2. The lowest BCUT2D eigenvalue weighted by Crippen LogP contribution is -2.10. The van der Waals surface area contributed by atoms with Crippen molar-refractivity contribution in [3.63, 3.8) is 0 Å². The molecule has 0 saturated heterocycles. The van der Waals surface area contributed by atoms with Crippen LogP contribution in [0.1, 0.15) is 12.7 Å². The van der Waals surface area contributed by atoms with Crippen molar-refractivity contribution < 1.29 is 14.1 Å². The summed E-state index contributed by atoms with van der Waals surface area (Å²) in [6, 6.07) is 14.9. The number of hydrogen-bond donors (Lipinski definition) is 2. The number of anilines is 2. The van der Waals surface area contributed by atoms with Crippen LogP contribution in [0.2, 0.25) is 0 Å². The summed E-state index contributed by atoms with van der Waals surface area (Å²) in [4.78, 5) is 15.7. The van der Waals surface area contributed by atoms with Crippen molar-refractivity contribution in [2.24, 2.45) is 0 Å². The van der Waals surface area contributed by atoms with Gasteiger partial charge in [0.05, 0.1) is 25.0 Å². The van der Waals surface area contributed by atoms with Crippen LogP contribution in [-0.4, -0.2) is 23.2 Å². The van der Waals surface area contributed by atoms with Crippen LogP contribution >= 0.6 is 0 Å². The van der Waals surface area contributed by atoms with Gasteiger partial charge in [-0.25, -0.2) is 0 Å². The van der Waals surface area contributed by atoms with Crippen LogP contribution in [-0.2, 0) is 11.3 Å². The number of carbonyl (C=O) groups is 1. The van der Waals surface area contributed by atoms with Gasteiger partial charge in [0.1, 0.15) is 5.75 Å². The van der Waals surface area contributed by atoms with E-state index >= 15 is 0 Å². The third-order valence-electron chi connectivity index (χ3n) is 3.46. The Balaban J connectivity index is 1.75. The first kappa shape index (κ1) is 16.5. The fourth-order valence-electron chi connectivity index (χ4n) is 2.29. The lowest BCUT2D eigenvalue weighted by molar-refractivity contribution is -0.114. The van der Waals surface area contributed by atoms with E-state index in [1.807, 2.05) is 30.3 Å².